The molecule has 1 rings (SSSR count). The van der Waals surface area contributed by atoms with Crippen LogP contribution in [0.1, 0.15) is 44.5 Å². The first kappa shape index (κ1) is 22.0. The summed E-state index contributed by atoms with van der Waals surface area (Å²) in [6, 6.07) is 1.87. The second kappa shape index (κ2) is 9.60. The van der Waals surface area contributed by atoms with Gasteiger partial charge >= 0.3 is 0 Å². The lowest BCUT2D eigenvalue weighted by Crippen LogP contribution is -2.49. The molecule has 0 heterocycles. The van der Waals surface area contributed by atoms with Gasteiger partial charge in [0.25, 0.3) is 17.3 Å². The predicted molar refractivity (Wildman–Crippen MR) is 98.4 cm³/mol. The molecule has 0 aliphatic carbocycles. The number of amides is 2. The molecule has 10 heteroatoms. The Morgan fingerprint density at radius 3 is 1.89 bits per heavy atom. The van der Waals surface area contributed by atoms with Gasteiger partial charge < -0.3 is 10.2 Å². The average Bonchev–Trinajstić information content (AvgIpc) is 2.61. The lowest BCUT2D eigenvalue weighted by molar-refractivity contribution is -0.394. The van der Waals surface area contributed by atoms with Crippen molar-refractivity contribution in [1.29, 1.82) is 0 Å². The van der Waals surface area contributed by atoms with Crippen molar-refractivity contribution in [1.82, 2.24) is 10.2 Å². The number of likely N-dealkylation sites (N-methyl/N-ethyl adjacent to an activating group) is 1. The zero-order valence-electron chi connectivity index (χ0n) is 15.8. The second-order valence-corrected chi connectivity index (χ2v) is 6.42. The smallest absolute Gasteiger partial charge is 0.277 e. The molecule has 0 saturated carbocycles. The van der Waals surface area contributed by atoms with Crippen LogP contribution < -0.4 is 5.32 Å². The first-order valence-electron chi connectivity index (χ1n) is 8.64. The van der Waals surface area contributed by atoms with Crippen molar-refractivity contribution in [2.75, 3.05) is 13.1 Å². The van der Waals surface area contributed by atoms with Crippen LogP contribution in [-0.2, 0) is 4.79 Å². The Bertz CT molecular complexity index is 698. The molecule has 1 N–H and O–H groups in total. The SMILES string of the molecule is CCN(CC)C(=O)C(CC(C)C)NC(=O)c1cc([N+](=O)[O-])cc([N+](=O)[O-])c1. The van der Waals surface area contributed by atoms with E-state index in [1.807, 2.05) is 27.7 Å². The third-order valence-corrected chi connectivity index (χ3v) is 3.97. The van der Waals surface area contributed by atoms with Crippen LogP contribution >= 0.6 is 0 Å². The summed E-state index contributed by atoms with van der Waals surface area (Å²) in [5.74, 6) is -0.927. The Labute approximate surface area is 156 Å². The van der Waals surface area contributed by atoms with Crippen LogP contribution in [0.3, 0.4) is 0 Å². The molecule has 0 radical (unpaired) electrons. The molecular weight excluding hydrogens is 356 g/mol. The van der Waals surface area contributed by atoms with Crippen molar-refractivity contribution in [3.05, 3.63) is 44.0 Å². The molecule has 0 aromatic heterocycles. The van der Waals surface area contributed by atoms with Gasteiger partial charge in [-0.3, -0.25) is 29.8 Å². The molecular formula is C17H24N4O6. The molecule has 27 heavy (non-hydrogen) atoms. The van der Waals surface area contributed by atoms with Crippen molar-refractivity contribution in [3.63, 3.8) is 0 Å². The molecule has 0 aliphatic rings. The summed E-state index contributed by atoms with van der Waals surface area (Å²) in [5.41, 5.74) is -1.37. The lowest BCUT2D eigenvalue weighted by Gasteiger charge is -2.27. The monoisotopic (exact) mass is 380 g/mol. The van der Waals surface area contributed by atoms with Crippen LogP contribution in [0.25, 0.3) is 0 Å². The predicted octanol–water partition coefficient (Wildman–Crippen LogP) is 2.52. The maximum absolute atomic E-state index is 12.7. The van der Waals surface area contributed by atoms with Gasteiger partial charge in [-0.1, -0.05) is 13.8 Å². The van der Waals surface area contributed by atoms with Crippen LogP contribution in [-0.4, -0.2) is 45.7 Å². The average molecular weight is 380 g/mol. The summed E-state index contributed by atoms with van der Waals surface area (Å²) in [6.45, 7) is 8.38. The molecule has 1 unspecified atom stereocenters. The number of nitro benzene ring substituents is 2. The van der Waals surface area contributed by atoms with E-state index in [4.69, 9.17) is 0 Å². The number of carbonyl (C=O) groups is 2. The van der Waals surface area contributed by atoms with Crippen molar-refractivity contribution in [3.8, 4) is 0 Å². The minimum Gasteiger partial charge on any atom is -0.341 e. The number of nitrogens with one attached hydrogen (secondary N) is 1. The molecule has 2 amide bonds. The van der Waals surface area contributed by atoms with Gasteiger partial charge in [-0.05, 0) is 26.2 Å². The maximum atomic E-state index is 12.7. The fraction of sp³-hybridized carbons (Fsp3) is 0.529. The number of non-ortho nitro benzene ring substituents is 2. The number of benzene rings is 1. The van der Waals surface area contributed by atoms with E-state index >= 15 is 0 Å². The summed E-state index contributed by atoms with van der Waals surface area (Å²) in [4.78, 5) is 47.1. The van der Waals surface area contributed by atoms with Crippen LogP contribution in [0, 0.1) is 26.1 Å². The summed E-state index contributed by atoms with van der Waals surface area (Å²) in [7, 11) is 0. The van der Waals surface area contributed by atoms with E-state index in [0.29, 0.717) is 19.5 Å². The zero-order chi connectivity index (χ0) is 20.7. The lowest BCUT2D eigenvalue weighted by atomic mass is 10.0. The third-order valence-electron chi connectivity index (χ3n) is 3.97. The number of hydrogen-bond donors (Lipinski definition) is 1. The Morgan fingerprint density at radius 1 is 1.04 bits per heavy atom. The van der Waals surface area contributed by atoms with Crippen LogP contribution in [0.5, 0.6) is 0 Å². The molecule has 0 aliphatic heterocycles. The number of nitro groups is 2. The van der Waals surface area contributed by atoms with E-state index in [-0.39, 0.29) is 17.4 Å². The number of hydrogen-bond acceptors (Lipinski definition) is 6. The Balaban J connectivity index is 3.19. The van der Waals surface area contributed by atoms with Crippen molar-refractivity contribution >= 4 is 23.2 Å². The zero-order valence-corrected chi connectivity index (χ0v) is 15.8. The number of carbonyl (C=O) groups excluding carboxylic acids is 2. The largest absolute Gasteiger partial charge is 0.341 e. The highest BCUT2D eigenvalue weighted by molar-refractivity contribution is 5.98. The normalized spacial score (nSPS) is 11.7. The molecule has 1 aromatic rings. The molecule has 0 spiro atoms. The molecule has 0 bridgehead atoms. The fourth-order valence-corrected chi connectivity index (χ4v) is 2.63. The Kier molecular flexibility index (Phi) is 7.82. The van der Waals surface area contributed by atoms with Crippen molar-refractivity contribution < 1.29 is 19.4 Å². The number of rotatable bonds is 9. The molecule has 1 aromatic carbocycles. The molecule has 0 saturated heterocycles. The minimum atomic E-state index is -0.823. The number of nitrogens with zero attached hydrogens (tertiary/aromatic N) is 3. The van der Waals surface area contributed by atoms with Gasteiger partial charge in [-0.25, -0.2) is 0 Å². The third kappa shape index (κ3) is 6.01. The van der Waals surface area contributed by atoms with E-state index in [1.54, 1.807) is 4.90 Å². The highest BCUT2D eigenvalue weighted by atomic mass is 16.6. The van der Waals surface area contributed by atoms with E-state index in [9.17, 15) is 29.8 Å². The standard InChI is InChI=1S/C17H24N4O6/c1-5-19(6-2)17(23)15(7-11(3)4)18-16(22)12-8-13(20(24)25)10-14(9-12)21(26)27/h8-11,15H,5-7H2,1-4H3,(H,18,22). The van der Waals surface area contributed by atoms with Crippen molar-refractivity contribution in [2.45, 2.75) is 40.2 Å². The van der Waals surface area contributed by atoms with Gasteiger partial charge in [0.15, 0.2) is 0 Å². The summed E-state index contributed by atoms with van der Waals surface area (Å²) in [5, 5.41) is 24.5. The van der Waals surface area contributed by atoms with E-state index in [2.05, 4.69) is 5.32 Å². The first-order chi connectivity index (χ1) is 12.6. The summed E-state index contributed by atoms with van der Waals surface area (Å²) >= 11 is 0. The topological polar surface area (TPSA) is 136 Å². The summed E-state index contributed by atoms with van der Waals surface area (Å²) < 4.78 is 0. The van der Waals surface area contributed by atoms with Crippen LogP contribution in [0.15, 0.2) is 18.2 Å². The van der Waals surface area contributed by atoms with Gasteiger partial charge in [0.1, 0.15) is 6.04 Å². The molecule has 148 valence electrons. The molecule has 0 fully saturated rings. The first-order valence-corrected chi connectivity index (χ1v) is 8.64. The minimum absolute atomic E-state index is 0.106. The van der Waals surface area contributed by atoms with E-state index < -0.39 is 33.2 Å². The van der Waals surface area contributed by atoms with Gasteiger partial charge in [-0.2, -0.15) is 0 Å². The van der Waals surface area contributed by atoms with Gasteiger partial charge in [-0.15, -0.1) is 0 Å². The van der Waals surface area contributed by atoms with E-state index in [0.717, 1.165) is 18.2 Å². The quantitative estimate of drug-likeness (QED) is 0.516. The second-order valence-electron chi connectivity index (χ2n) is 6.42. The van der Waals surface area contributed by atoms with Gasteiger partial charge in [0.05, 0.1) is 21.5 Å². The summed E-state index contributed by atoms with van der Waals surface area (Å²) in [6.07, 6.45) is 0.373. The highest BCUT2D eigenvalue weighted by Gasteiger charge is 2.27. The van der Waals surface area contributed by atoms with E-state index in [1.165, 1.54) is 0 Å². The molecule has 1 atom stereocenters. The van der Waals surface area contributed by atoms with Crippen LogP contribution in [0.2, 0.25) is 0 Å². The highest BCUT2D eigenvalue weighted by Crippen LogP contribution is 2.23. The van der Waals surface area contributed by atoms with Crippen LogP contribution in [0.4, 0.5) is 11.4 Å². The Morgan fingerprint density at radius 2 is 1.52 bits per heavy atom. The van der Waals surface area contributed by atoms with Crippen molar-refractivity contribution in [2.24, 2.45) is 5.92 Å². The maximum Gasteiger partial charge on any atom is 0.277 e. The molecule has 10 nitrogen and oxygen atoms in total. The van der Waals surface area contributed by atoms with Gasteiger partial charge in [0.2, 0.25) is 5.91 Å². The van der Waals surface area contributed by atoms with Gasteiger partial charge in [0, 0.05) is 25.2 Å². The fourth-order valence-electron chi connectivity index (χ4n) is 2.63. The Hall–Kier alpha value is -3.04.